The van der Waals surface area contributed by atoms with Gasteiger partial charge in [0.25, 0.3) is 0 Å². The van der Waals surface area contributed by atoms with Crippen LogP contribution in [0.1, 0.15) is 18.4 Å². The number of fused-ring (bicyclic) bond motifs is 3. The zero-order valence-corrected chi connectivity index (χ0v) is 11.4. The summed E-state index contributed by atoms with van der Waals surface area (Å²) < 4.78 is 0. The number of carbonyl (C=O) groups excluding carboxylic acids is 1. The number of ketones is 1. The van der Waals surface area contributed by atoms with Crippen LogP contribution < -0.4 is 0 Å². The van der Waals surface area contributed by atoms with Crippen LogP contribution in [0.3, 0.4) is 0 Å². The molecule has 0 unspecified atom stereocenters. The zero-order valence-electron chi connectivity index (χ0n) is 10.6. The number of nitrogens with zero attached hydrogens (tertiary/aromatic N) is 1. The molecule has 0 aliphatic carbocycles. The second kappa shape index (κ2) is 4.81. The number of allylic oxidation sites excluding steroid dienone is 1. The van der Waals surface area contributed by atoms with Crippen molar-refractivity contribution in [2.75, 3.05) is 19.3 Å². The van der Waals surface area contributed by atoms with Gasteiger partial charge in [-0.05, 0) is 42.9 Å². The highest BCUT2D eigenvalue weighted by atomic mass is 32.2. The predicted molar refractivity (Wildman–Crippen MR) is 75.5 cm³/mol. The van der Waals surface area contributed by atoms with Crippen molar-refractivity contribution >= 4 is 23.6 Å². The molecule has 3 aliphatic rings. The summed E-state index contributed by atoms with van der Waals surface area (Å²) in [4.78, 5) is 15.7. The third kappa shape index (κ3) is 2.07. The Hall–Kier alpha value is -1.22. The number of hydrogen-bond acceptors (Lipinski definition) is 3. The topological polar surface area (TPSA) is 20.3 Å². The van der Waals surface area contributed by atoms with Gasteiger partial charge in [0.1, 0.15) is 0 Å². The van der Waals surface area contributed by atoms with Crippen LogP contribution in [0, 0.1) is 5.92 Å². The van der Waals surface area contributed by atoms with Gasteiger partial charge in [-0.15, -0.1) is 11.8 Å². The summed E-state index contributed by atoms with van der Waals surface area (Å²) in [7, 11) is 0. The Labute approximate surface area is 112 Å². The van der Waals surface area contributed by atoms with Gasteiger partial charge in [0.15, 0.2) is 5.78 Å². The molecule has 0 atom stereocenters. The van der Waals surface area contributed by atoms with Gasteiger partial charge < -0.3 is 4.90 Å². The Kier molecular flexibility index (Phi) is 3.16. The molecule has 0 spiro atoms. The van der Waals surface area contributed by atoms with Crippen LogP contribution in [-0.2, 0) is 4.79 Å². The standard InChI is InChI=1S/C15H17NOS/c1-18-13-4-2-11(3-5-13)10-14-15(17)12-6-8-16(14)9-7-12/h2-5,10,12H,6-9H2,1H3. The number of rotatable bonds is 2. The molecule has 3 heteroatoms. The van der Waals surface area contributed by atoms with Crippen molar-refractivity contribution in [1.29, 1.82) is 0 Å². The molecule has 2 nitrogen and oxygen atoms in total. The van der Waals surface area contributed by atoms with E-state index < -0.39 is 0 Å². The van der Waals surface area contributed by atoms with E-state index in [2.05, 4.69) is 41.5 Å². The fourth-order valence-corrected chi connectivity index (χ4v) is 3.18. The molecular weight excluding hydrogens is 242 g/mol. The monoisotopic (exact) mass is 259 g/mol. The molecule has 2 bridgehead atoms. The highest BCUT2D eigenvalue weighted by Gasteiger charge is 2.36. The molecule has 3 saturated heterocycles. The first kappa shape index (κ1) is 11.8. The molecule has 0 aromatic heterocycles. The van der Waals surface area contributed by atoms with Crippen LogP contribution in [-0.4, -0.2) is 30.0 Å². The second-order valence-electron chi connectivity index (χ2n) is 4.93. The maximum absolute atomic E-state index is 12.2. The van der Waals surface area contributed by atoms with Gasteiger partial charge >= 0.3 is 0 Å². The van der Waals surface area contributed by atoms with Gasteiger partial charge in [0.2, 0.25) is 0 Å². The van der Waals surface area contributed by atoms with Crippen molar-refractivity contribution in [3.05, 3.63) is 35.5 Å². The number of thioether (sulfide) groups is 1. The molecule has 0 N–H and O–H groups in total. The lowest BCUT2D eigenvalue weighted by atomic mass is 9.84. The van der Waals surface area contributed by atoms with Crippen LogP contribution in [0.5, 0.6) is 0 Å². The van der Waals surface area contributed by atoms with Gasteiger partial charge in [-0.3, -0.25) is 4.79 Å². The van der Waals surface area contributed by atoms with Crippen LogP contribution in [0.2, 0.25) is 0 Å². The molecule has 4 rings (SSSR count). The van der Waals surface area contributed by atoms with E-state index in [1.54, 1.807) is 11.8 Å². The van der Waals surface area contributed by atoms with Crippen LogP contribution in [0.15, 0.2) is 34.9 Å². The maximum Gasteiger partial charge on any atom is 0.182 e. The Bertz CT molecular complexity index is 484. The number of piperidine rings is 3. The van der Waals surface area contributed by atoms with Crippen molar-refractivity contribution < 1.29 is 4.79 Å². The quantitative estimate of drug-likeness (QED) is 0.601. The fourth-order valence-electron chi connectivity index (χ4n) is 2.77. The molecular formula is C15H17NOS. The minimum atomic E-state index is 0.284. The Morgan fingerprint density at radius 3 is 2.44 bits per heavy atom. The van der Waals surface area contributed by atoms with E-state index >= 15 is 0 Å². The fraction of sp³-hybridized carbons (Fsp3) is 0.400. The number of carbonyl (C=O) groups is 1. The maximum atomic E-state index is 12.2. The first-order valence-electron chi connectivity index (χ1n) is 6.43. The van der Waals surface area contributed by atoms with Gasteiger partial charge in [-0.1, -0.05) is 12.1 Å². The van der Waals surface area contributed by atoms with E-state index in [0.717, 1.165) is 37.2 Å². The largest absolute Gasteiger partial charge is 0.369 e. The minimum absolute atomic E-state index is 0.284. The molecule has 18 heavy (non-hydrogen) atoms. The zero-order chi connectivity index (χ0) is 12.5. The van der Waals surface area contributed by atoms with E-state index in [1.165, 1.54) is 4.90 Å². The highest BCUT2D eigenvalue weighted by Crippen LogP contribution is 2.32. The third-order valence-electron chi connectivity index (χ3n) is 3.88. The van der Waals surface area contributed by atoms with Crippen molar-refractivity contribution in [2.45, 2.75) is 17.7 Å². The summed E-state index contributed by atoms with van der Waals surface area (Å²) >= 11 is 1.74. The summed E-state index contributed by atoms with van der Waals surface area (Å²) in [5.41, 5.74) is 2.05. The molecule has 1 aromatic rings. The normalized spacial score (nSPS) is 21.9. The summed E-state index contributed by atoms with van der Waals surface area (Å²) in [5.74, 6) is 0.633. The summed E-state index contributed by atoms with van der Waals surface area (Å²) in [5, 5.41) is 0. The van der Waals surface area contributed by atoms with E-state index in [0.29, 0.717) is 5.78 Å². The van der Waals surface area contributed by atoms with Gasteiger partial charge in [-0.25, -0.2) is 0 Å². The smallest absolute Gasteiger partial charge is 0.182 e. The van der Waals surface area contributed by atoms with E-state index in [4.69, 9.17) is 0 Å². The Balaban J connectivity index is 1.88. The molecule has 0 saturated carbocycles. The molecule has 3 heterocycles. The molecule has 94 valence electrons. The minimum Gasteiger partial charge on any atom is -0.369 e. The van der Waals surface area contributed by atoms with E-state index in [9.17, 15) is 4.79 Å². The average Bonchev–Trinajstić information content (AvgIpc) is 2.44. The second-order valence-corrected chi connectivity index (χ2v) is 5.81. The predicted octanol–water partition coefficient (Wildman–Crippen LogP) is 3.04. The van der Waals surface area contributed by atoms with Gasteiger partial charge in [-0.2, -0.15) is 0 Å². The Morgan fingerprint density at radius 2 is 1.89 bits per heavy atom. The molecule has 0 radical (unpaired) electrons. The molecule has 1 aromatic carbocycles. The Morgan fingerprint density at radius 1 is 1.22 bits per heavy atom. The van der Waals surface area contributed by atoms with E-state index in [-0.39, 0.29) is 5.92 Å². The number of hydrogen-bond donors (Lipinski definition) is 0. The summed E-state index contributed by atoms with van der Waals surface area (Å²) in [6.07, 6.45) is 6.21. The summed E-state index contributed by atoms with van der Waals surface area (Å²) in [6.45, 7) is 2.09. The third-order valence-corrected chi connectivity index (χ3v) is 4.62. The van der Waals surface area contributed by atoms with Crippen molar-refractivity contribution in [1.82, 2.24) is 4.90 Å². The first-order chi connectivity index (χ1) is 8.78. The number of Topliss-reactive ketones (excluding diaryl/α,β-unsaturated/α-hetero) is 1. The lowest BCUT2D eigenvalue weighted by Crippen LogP contribution is -2.45. The highest BCUT2D eigenvalue weighted by molar-refractivity contribution is 7.98. The van der Waals surface area contributed by atoms with Crippen molar-refractivity contribution in [3.63, 3.8) is 0 Å². The molecule has 0 amide bonds. The molecule has 3 aliphatic heterocycles. The van der Waals surface area contributed by atoms with Crippen LogP contribution in [0.4, 0.5) is 0 Å². The average molecular weight is 259 g/mol. The SMILES string of the molecule is CSc1ccc(C=C2C(=O)C3CCN2CC3)cc1. The first-order valence-corrected chi connectivity index (χ1v) is 7.65. The lowest BCUT2D eigenvalue weighted by Gasteiger charge is -2.41. The number of benzene rings is 1. The van der Waals surface area contributed by atoms with Crippen LogP contribution in [0.25, 0.3) is 6.08 Å². The van der Waals surface area contributed by atoms with E-state index in [1.807, 2.05) is 0 Å². The van der Waals surface area contributed by atoms with Crippen molar-refractivity contribution in [2.24, 2.45) is 5.92 Å². The summed E-state index contributed by atoms with van der Waals surface area (Å²) in [6, 6.07) is 8.40. The van der Waals surface area contributed by atoms with Crippen LogP contribution >= 0.6 is 11.8 Å². The van der Waals surface area contributed by atoms with Gasteiger partial charge in [0, 0.05) is 23.9 Å². The molecule has 3 fully saturated rings. The lowest BCUT2D eigenvalue weighted by molar-refractivity contribution is -0.125. The van der Waals surface area contributed by atoms with Crippen molar-refractivity contribution in [3.8, 4) is 0 Å². The van der Waals surface area contributed by atoms with Gasteiger partial charge in [0.05, 0.1) is 5.70 Å².